The van der Waals surface area contributed by atoms with Crippen LogP contribution in [-0.4, -0.2) is 24.5 Å². The molecule has 10 aromatic carbocycles. The van der Waals surface area contributed by atoms with Crippen molar-refractivity contribution in [3.63, 3.8) is 0 Å². The van der Waals surface area contributed by atoms with Crippen LogP contribution in [0.1, 0.15) is 0 Å². The largest absolute Gasteiger partial charge is 0.454 e. The summed E-state index contributed by atoms with van der Waals surface area (Å²) < 4.78 is 8.70. The Kier molecular flexibility index (Phi) is 8.48. The van der Waals surface area contributed by atoms with Gasteiger partial charge in [0.2, 0.25) is 0 Å². The third-order valence-corrected chi connectivity index (χ3v) is 13.4. The van der Waals surface area contributed by atoms with Gasteiger partial charge in [0.1, 0.15) is 11.1 Å². The minimum Gasteiger partial charge on any atom is -0.454 e. The van der Waals surface area contributed by atoms with E-state index in [0.717, 1.165) is 71.4 Å². The number of furan rings is 1. The smallest absolute Gasteiger partial charge is 0.164 e. The summed E-state index contributed by atoms with van der Waals surface area (Å²) >= 11 is 0. The maximum absolute atomic E-state index is 6.28. The summed E-state index contributed by atoms with van der Waals surface area (Å²) in [6, 6.07) is 77.3. The van der Waals surface area contributed by atoms with Gasteiger partial charge in [-0.05, 0) is 116 Å². The van der Waals surface area contributed by atoms with Crippen LogP contribution >= 0.6 is 0 Å². The van der Waals surface area contributed by atoms with E-state index in [1.807, 2.05) is 36.4 Å². The molecule has 0 saturated heterocycles. The zero-order valence-corrected chi connectivity index (χ0v) is 36.5. The number of aromatic nitrogens is 5. The predicted molar refractivity (Wildman–Crippen MR) is 279 cm³/mol. The molecule has 68 heavy (non-hydrogen) atoms. The van der Waals surface area contributed by atoms with Crippen molar-refractivity contribution >= 4 is 76.2 Å². The van der Waals surface area contributed by atoms with Crippen LogP contribution in [0.25, 0.3) is 138 Å². The molecule has 6 nitrogen and oxygen atoms in total. The normalized spacial score (nSPS) is 11.8. The highest BCUT2D eigenvalue weighted by Gasteiger charge is 2.20. The van der Waals surface area contributed by atoms with E-state index in [2.05, 4.69) is 187 Å². The summed E-state index contributed by atoms with van der Waals surface area (Å²) in [5, 5.41) is 10.2. The molecule has 0 aliphatic heterocycles. The van der Waals surface area contributed by atoms with E-state index >= 15 is 0 Å². The molecule has 4 aromatic heterocycles. The van der Waals surface area contributed by atoms with Gasteiger partial charge in [-0.1, -0.05) is 152 Å². The van der Waals surface area contributed by atoms with Crippen molar-refractivity contribution < 1.29 is 4.42 Å². The molecule has 0 spiro atoms. The maximum atomic E-state index is 6.28. The second-order valence-electron chi connectivity index (χ2n) is 17.4. The van der Waals surface area contributed by atoms with E-state index in [9.17, 15) is 0 Å². The van der Waals surface area contributed by atoms with Crippen LogP contribution in [-0.2, 0) is 0 Å². The van der Waals surface area contributed by atoms with Gasteiger partial charge in [-0.25, -0.2) is 15.0 Å². The fraction of sp³-hybridized carbons (Fsp3) is 0. The van der Waals surface area contributed by atoms with Crippen molar-refractivity contribution in [1.82, 2.24) is 24.5 Å². The van der Waals surface area contributed by atoms with E-state index in [1.165, 1.54) is 43.8 Å². The highest BCUT2D eigenvalue weighted by molar-refractivity contribution is 6.15. The minimum absolute atomic E-state index is 0.547. The Morgan fingerprint density at radius 1 is 0.338 bits per heavy atom. The van der Waals surface area contributed by atoms with Gasteiger partial charge >= 0.3 is 0 Å². The van der Waals surface area contributed by atoms with E-state index in [0.29, 0.717) is 23.1 Å². The molecule has 0 bridgehead atoms. The number of rotatable bonds is 6. The molecule has 6 heteroatoms. The lowest BCUT2D eigenvalue weighted by Crippen LogP contribution is -2.01. The van der Waals surface area contributed by atoms with Crippen molar-refractivity contribution in [1.29, 1.82) is 0 Å². The molecular formula is C62H37N5O. The third-order valence-electron chi connectivity index (χ3n) is 13.4. The van der Waals surface area contributed by atoms with Crippen LogP contribution < -0.4 is 0 Å². The SMILES string of the molecule is c1ccc(-c2ccc3cc(-c4nc(-c5ccc6c(-n7c8ccccc8c8cc9cc(-c%10ccccc%10)ccc9cc87)cccc6c5)nc(-c5cccc6oc7cccnc7c56)n4)ccc3c2)cc1. The minimum atomic E-state index is 0.547. The van der Waals surface area contributed by atoms with Gasteiger partial charge in [-0.2, -0.15) is 0 Å². The third kappa shape index (κ3) is 6.19. The Morgan fingerprint density at radius 3 is 1.71 bits per heavy atom. The molecule has 0 fully saturated rings. The number of hydrogen-bond donors (Lipinski definition) is 0. The zero-order chi connectivity index (χ0) is 44.7. The monoisotopic (exact) mass is 867 g/mol. The Balaban J connectivity index is 0.929. The molecule has 0 aliphatic rings. The Labute approximate surface area is 390 Å². The van der Waals surface area contributed by atoms with Gasteiger partial charge in [-0.3, -0.25) is 4.98 Å². The number of para-hydroxylation sites is 1. The summed E-state index contributed by atoms with van der Waals surface area (Å²) in [7, 11) is 0. The number of fused-ring (bicyclic) bond motifs is 9. The first-order valence-corrected chi connectivity index (χ1v) is 22.9. The molecule has 0 radical (unpaired) electrons. The fourth-order valence-corrected chi connectivity index (χ4v) is 10.2. The van der Waals surface area contributed by atoms with Crippen molar-refractivity contribution in [2.45, 2.75) is 0 Å². The van der Waals surface area contributed by atoms with Gasteiger partial charge in [0.05, 0.1) is 22.1 Å². The summed E-state index contributed by atoms with van der Waals surface area (Å²) in [5.41, 5.74) is 13.0. The van der Waals surface area contributed by atoms with E-state index in [4.69, 9.17) is 24.4 Å². The van der Waals surface area contributed by atoms with Crippen molar-refractivity contribution in [2.24, 2.45) is 0 Å². The maximum Gasteiger partial charge on any atom is 0.164 e. The number of hydrogen-bond acceptors (Lipinski definition) is 5. The number of benzene rings is 10. The van der Waals surface area contributed by atoms with Crippen molar-refractivity contribution in [3.05, 3.63) is 225 Å². The number of nitrogens with zero attached hydrogens (tertiary/aromatic N) is 5. The summed E-state index contributed by atoms with van der Waals surface area (Å²) in [5.74, 6) is 1.71. The fourth-order valence-electron chi connectivity index (χ4n) is 10.2. The lowest BCUT2D eigenvalue weighted by atomic mass is 9.99. The van der Waals surface area contributed by atoms with Gasteiger partial charge in [0, 0.05) is 39.0 Å². The van der Waals surface area contributed by atoms with Gasteiger partial charge in [0.15, 0.2) is 23.1 Å². The molecule has 0 unspecified atom stereocenters. The van der Waals surface area contributed by atoms with Gasteiger partial charge < -0.3 is 8.98 Å². The highest BCUT2D eigenvalue weighted by Crippen LogP contribution is 2.40. The van der Waals surface area contributed by atoms with E-state index in [-0.39, 0.29) is 0 Å². The standard InChI is InChI=1S/C62H37N5O/c1-3-12-38(13-4-1)40-23-25-43-33-46(28-27-42(43)32-40)60-64-61(66-62(65-60)51-18-10-21-56-58(51)59-57(68-56)22-11-31-63-59)47-29-30-49-45(35-47)16-9-20-53(49)67-54-19-8-7-17-50(54)52-36-48-34-41(39-14-5-2-6-15-39)24-26-44(48)37-55(52)67/h1-37H. The van der Waals surface area contributed by atoms with E-state index < -0.39 is 0 Å². The van der Waals surface area contributed by atoms with Crippen LogP contribution in [0.5, 0.6) is 0 Å². The first kappa shape index (κ1) is 38.1. The van der Waals surface area contributed by atoms with E-state index in [1.54, 1.807) is 6.20 Å². The Hall–Kier alpha value is -9.26. The molecular weight excluding hydrogens is 831 g/mol. The summed E-state index contributed by atoms with van der Waals surface area (Å²) in [6.07, 6.45) is 1.79. The second kappa shape index (κ2) is 15.2. The summed E-state index contributed by atoms with van der Waals surface area (Å²) in [4.78, 5) is 20.5. The first-order valence-electron chi connectivity index (χ1n) is 22.9. The molecule has 0 aliphatic carbocycles. The first-order chi connectivity index (χ1) is 33.7. The topological polar surface area (TPSA) is 69.6 Å². The van der Waals surface area contributed by atoms with Gasteiger partial charge in [-0.15, -0.1) is 0 Å². The number of pyridine rings is 1. The van der Waals surface area contributed by atoms with Crippen LogP contribution in [0, 0.1) is 0 Å². The summed E-state index contributed by atoms with van der Waals surface area (Å²) in [6.45, 7) is 0. The predicted octanol–water partition coefficient (Wildman–Crippen LogP) is 16.1. The molecule has 4 heterocycles. The molecule has 14 aromatic rings. The van der Waals surface area contributed by atoms with Gasteiger partial charge in [0.25, 0.3) is 0 Å². The molecule has 0 saturated carbocycles. The average molecular weight is 868 g/mol. The molecule has 0 N–H and O–H groups in total. The molecule has 0 amide bonds. The molecule has 0 atom stereocenters. The molecule has 316 valence electrons. The van der Waals surface area contributed by atoms with Crippen molar-refractivity contribution in [2.75, 3.05) is 0 Å². The van der Waals surface area contributed by atoms with Crippen LogP contribution in [0.3, 0.4) is 0 Å². The zero-order valence-electron chi connectivity index (χ0n) is 36.5. The lowest BCUT2D eigenvalue weighted by molar-refractivity contribution is 0.668. The Morgan fingerprint density at radius 2 is 0.941 bits per heavy atom. The lowest BCUT2D eigenvalue weighted by Gasteiger charge is -2.14. The quantitative estimate of drug-likeness (QED) is 0.166. The highest BCUT2D eigenvalue weighted by atomic mass is 16.3. The van der Waals surface area contributed by atoms with Crippen molar-refractivity contribution in [3.8, 4) is 62.1 Å². The average Bonchev–Trinajstić information content (AvgIpc) is 3.95. The molecule has 14 rings (SSSR count). The Bertz CT molecular complexity index is 4330. The van der Waals surface area contributed by atoms with Crippen LogP contribution in [0.4, 0.5) is 0 Å². The van der Waals surface area contributed by atoms with Crippen LogP contribution in [0.15, 0.2) is 229 Å². The second-order valence-corrected chi connectivity index (χ2v) is 17.4. The van der Waals surface area contributed by atoms with Crippen LogP contribution in [0.2, 0.25) is 0 Å².